The van der Waals surface area contributed by atoms with E-state index in [1.54, 1.807) is 11.0 Å². The van der Waals surface area contributed by atoms with Crippen molar-refractivity contribution in [3.63, 3.8) is 0 Å². The molecule has 2 heterocycles. The van der Waals surface area contributed by atoms with Gasteiger partial charge in [-0.15, -0.1) is 0 Å². The number of alkyl halides is 3. The van der Waals surface area contributed by atoms with Crippen LogP contribution in [0.1, 0.15) is 12.0 Å². The number of benzene rings is 1. The third-order valence-corrected chi connectivity index (χ3v) is 5.16. The Morgan fingerprint density at radius 2 is 1.97 bits per heavy atom. The Morgan fingerprint density at radius 3 is 2.61 bits per heavy atom. The van der Waals surface area contributed by atoms with Crippen molar-refractivity contribution in [1.82, 2.24) is 25.5 Å². The van der Waals surface area contributed by atoms with Gasteiger partial charge in [0.25, 0.3) is 0 Å². The van der Waals surface area contributed by atoms with Crippen LogP contribution in [0, 0.1) is 17.2 Å². The SMILES string of the molecule is CN(C)CCNC(=O)NC1CC(C(F)(F)F)CN(c2ccc(C#N)c3nccnc23)C1. The second kappa shape index (κ2) is 9.34. The van der Waals surface area contributed by atoms with Gasteiger partial charge in [-0.05, 0) is 32.6 Å². The number of nitriles is 1. The van der Waals surface area contributed by atoms with Gasteiger partial charge in [-0.25, -0.2) is 4.79 Å². The highest BCUT2D eigenvalue weighted by Crippen LogP contribution is 2.36. The van der Waals surface area contributed by atoms with Gasteiger partial charge in [0.2, 0.25) is 0 Å². The fourth-order valence-electron chi connectivity index (χ4n) is 3.66. The molecule has 2 atom stereocenters. The van der Waals surface area contributed by atoms with Crippen molar-refractivity contribution in [1.29, 1.82) is 5.26 Å². The molecule has 1 aromatic carbocycles. The molecule has 1 fully saturated rings. The number of aromatic nitrogens is 2. The first-order chi connectivity index (χ1) is 14.7. The lowest BCUT2D eigenvalue weighted by atomic mass is 9.93. The number of rotatable bonds is 5. The summed E-state index contributed by atoms with van der Waals surface area (Å²) >= 11 is 0. The number of carbonyl (C=O) groups is 1. The van der Waals surface area contributed by atoms with Gasteiger partial charge in [0.15, 0.2) is 0 Å². The Hall–Kier alpha value is -3.13. The maximum atomic E-state index is 13.6. The van der Waals surface area contributed by atoms with Gasteiger partial charge in [0.05, 0.1) is 17.2 Å². The molecule has 1 aliphatic rings. The van der Waals surface area contributed by atoms with E-state index in [1.807, 2.05) is 25.1 Å². The van der Waals surface area contributed by atoms with Crippen molar-refractivity contribution >= 4 is 22.8 Å². The molecule has 1 aliphatic heterocycles. The second-order valence-corrected chi connectivity index (χ2v) is 7.78. The van der Waals surface area contributed by atoms with E-state index in [9.17, 15) is 23.2 Å². The number of anilines is 1. The van der Waals surface area contributed by atoms with E-state index in [1.165, 1.54) is 18.5 Å². The number of nitrogens with one attached hydrogen (secondary N) is 2. The van der Waals surface area contributed by atoms with E-state index in [2.05, 4.69) is 20.6 Å². The Balaban J connectivity index is 1.84. The molecular weight excluding hydrogens is 411 g/mol. The first-order valence-corrected chi connectivity index (χ1v) is 9.83. The quantitative estimate of drug-likeness (QED) is 0.747. The van der Waals surface area contributed by atoms with E-state index in [-0.39, 0.29) is 19.5 Å². The van der Waals surface area contributed by atoms with Crippen LogP contribution in [0.2, 0.25) is 0 Å². The summed E-state index contributed by atoms with van der Waals surface area (Å²) in [6.07, 6.45) is -1.74. The minimum atomic E-state index is -4.41. The largest absolute Gasteiger partial charge is 0.393 e. The van der Waals surface area contributed by atoms with Crippen LogP contribution in [0.3, 0.4) is 0 Å². The number of hydrogen-bond acceptors (Lipinski definition) is 6. The highest BCUT2D eigenvalue weighted by atomic mass is 19.4. The zero-order valence-corrected chi connectivity index (χ0v) is 17.3. The topological polar surface area (TPSA) is 97.2 Å². The van der Waals surface area contributed by atoms with Crippen molar-refractivity contribution in [3.05, 3.63) is 30.1 Å². The first kappa shape index (κ1) is 22.6. The third-order valence-electron chi connectivity index (χ3n) is 5.16. The normalized spacial score (nSPS) is 19.3. The Morgan fingerprint density at radius 1 is 1.26 bits per heavy atom. The molecule has 31 heavy (non-hydrogen) atoms. The Labute approximate surface area is 178 Å². The minimum Gasteiger partial charge on any atom is -0.367 e. The summed E-state index contributed by atoms with van der Waals surface area (Å²) in [6.45, 7) is 0.922. The van der Waals surface area contributed by atoms with Gasteiger partial charge in [0, 0.05) is 44.6 Å². The fraction of sp³-hybridized carbons (Fsp3) is 0.500. The fourth-order valence-corrected chi connectivity index (χ4v) is 3.66. The van der Waals surface area contributed by atoms with Gasteiger partial charge in [-0.2, -0.15) is 18.4 Å². The van der Waals surface area contributed by atoms with Gasteiger partial charge >= 0.3 is 12.2 Å². The third kappa shape index (κ3) is 5.52. The molecule has 0 bridgehead atoms. The highest BCUT2D eigenvalue weighted by molar-refractivity contribution is 5.92. The summed E-state index contributed by atoms with van der Waals surface area (Å²) in [5.41, 5.74) is 1.45. The minimum absolute atomic E-state index is 0.186. The maximum Gasteiger partial charge on any atom is 0.393 e. The van der Waals surface area contributed by atoms with E-state index < -0.39 is 24.2 Å². The molecule has 2 amide bonds. The molecule has 0 saturated carbocycles. The van der Waals surface area contributed by atoms with E-state index in [0.29, 0.717) is 35.4 Å². The molecule has 2 N–H and O–H groups in total. The van der Waals surface area contributed by atoms with Crippen molar-refractivity contribution in [3.8, 4) is 6.07 Å². The zero-order valence-electron chi connectivity index (χ0n) is 17.3. The number of urea groups is 1. The second-order valence-electron chi connectivity index (χ2n) is 7.78. The van der Waals surface area contributed by atoms with Crippen LogP contribution in [0.4, 0.5) is 23.7 Å². The van der Waals surface area contributed by atoms with Crippen molar-refractivity contribution in [2.75, 3.05) is 45.2 Å². The number of fused-ring (bicyclic) bond motifs is 1. The molecule has 11 heteroatoms. The first-order valence-electron chi connectivity index (χ1n) is 9.83. The number of halogens is 3. The number of nitrogens with zero attached hydrogens (tertiary/aromatic N) is 5. The maximum absolute atomic E-state index is 13.6. The van der Waals surface area contributed by atoms with Crippen molar-refractivity contribution in [2.24, 2.45) is 5.92 Å². The average molecular weight is 435 g/mol. The van der Waals surface area contributed by atoms with Crippen LogP contribution in [0.15, 0.2) is 24.5 Å². The van der Waals surface area contributed by atoms with Gasteiger partial charge < -0.3 is 20.4 Å². The molecule has 8 nitrogen and oxygen atoms in total. The molecule has 1 aromatic heterocycles. The predicted octanol–water partition coefficient (Wildman–Crippen LogP) is 2.12. The molecule has 2 unspecified atom stereocenters. The lowest BCUT2D eigenvalue weighted by Crippen LogP contribution is -2.55. The highest BCUT2D eigenvalue weighted by Gasteiger charge is 2.45. The van der Waals surface area contributed by atoms with Crippen LogP contribution in [-0.2, 0) is 0 Å². The van der Waals surface area contributed by atoms with Crippen LogP contribution in [0.25, 0.3) is 11.0 Å². The summed E-state index contributed by atoms with van der Waals surface area (Å²) < 4.78 is 40.9. The molecular formula is C20H24F3N7O. The van der Waals surface area contributed by atoms with Crippen LogP contribution < -0.4 is 15.5 Å². The van der Waals surface area contributed by atoms with Crippen molar-refractivity contribution < 1.29 is 18.0 Å². The summed E-state index contributed by atoms with van der Waals surface area (Å²) in [6, 6.07) is 3.93. The molecule has 0 radical (unpaired) electrons. The number of carbonyl (C=O) groups excluding carboxylic acids is 1. The van der Waals surface area contributed by atoms with Gasteiger partial charge in [-0.1, -0.05) is 0 Å². The molecule has 0 spiro atoms. The van der Waals surface area contributed by atoms with Crippen molar-refractivity contribution in [2.45, 2.75) is 18.6 Å². The molecule has 166 valence electrons. The van der Waals surface area contributed by atoms with E-state index >= 15 is 0 Å². The summed E-state index contributed by atoms with van der Waals surface area (Å²) in [4.78, 5) is 24.1. The molecule has 3 rings (SSSR count). The Bertz CT molecular complexity index is 973. The smallest absolute Gasteiger partial charge is 0.367 e. The monoisotopic (exact) mass is 435 g/mol. The summed E-state index contributed by atoms with van der Waals surface area (Å²) in [5, 5.41) is 14.6. The number of amides is 2. The average Bonchev–Trinajstić information content (AvgIpc) is 2.71. The molecule has 0 aliphatic carbocycles. The Kier molecular flexibility index (Phi) is 6.80. The molecule has 2 aromatic rings. The molecule has 1 saturated heterocycles. The van der Waals surface area contributed by atoms with Crippen LogP contribution in [-0.4, -0.2) is 73.4 Å². The van der Waals surface area contributed by atoms with Crippen LogP contribution >= 0.6 is 0 Å². The standard InChI is InChI=1S/C20H24F3N7O/c1-29(2)8-7-27-19(31)28-15-9-14(20(21,22)23)11-30(12-15)16-4-3-13(10-24)17-18(16)26-6-5-25-17/h3-6,14-15H,7-9,11-12H2,1-2H3,(H2,27,28,31). The summed E-state index contributed by atoms with van der Waals surface area (Å²) in [7, 11) is 3.72. The van der Waals surface area contributed by atoms with Gasteiger partial charge in [-0.3, -0.25) is 9.97 Å². The van der Waals surface area contributed by atoms with Gasteiger partial charge in [0.1, 0.15) is 17.1 Å². The van der Waals surface area contributed by atoms with Crippen LogP contribution in [0.5, 0.6) is 0 Å². The number of likely N-dealkylation sites (N-methyl/N-ethyl adjacent to an activating group) is 1. The lowest BCUT2D eigenvalue weighted by molar-refractivity contribution is -0.177. The number of piperidine rings is 1. The predicted molar refractivity (Wildman–Crippen MR) is 110 cm³/mol. The van der Waals surface area contributed by atoms with E-state index in [4.69, 9.17) is 0 Å². The number of hydrogen-bond donors (Lipinski definition) is 2. The zero-order chi connectivity index (χ0) is 22.6. The summed E-state index contributed by atoms with van der Waals surface area (Å²) in [5.74, 6) is -1.62. The van der Waals surface area contributed by atoms with E-state index in [0.717, 1.165) is 0 Å². The lowest BCUT2D eigenvalue weighted by Gasteiger charge is -2.40.